The lowest BCUT2D eigenvalue weighted by molar-refractivity contribution is -0.274. The lowest BCUT2D eigenvalue weighted by Crippen LogP contribution is -2.30. The second kappa shape index (κ2) is 12.4. The van der Waals surface area contributed by atoms with Gasteiger partial charge < -0.3 is 15.8 Å². The molecule has 33 heavy (non-hydrogen) atoms. The molecule has 2 amide bonds. The molecule has 0 saturated heterocycles. The quantitative estimate of drug-likeness (QED) is 0.400. The van der Waals surface area contributed by atoms with Crippen LogP contribution in [0.5, 0.6) is 5.75 Å². The van der Waals surface area contributed by atoms with Crippen LogP contribution in [0.3, 0.4) is 0 Å². The van der Waals surface area contributed by atoms with Gasteiger partial charge in [0.05, 0.1) is 11.4 Å². The number of aliphatic imine (C=N–C) groups is 1. The van der Waals surface area contributed by atoms with Gasteiger partial charge in [-0.1, -0.05) is 45.4 Å². The van der Waals surface area contributed by atoms with E-state index in [0.717, 1.165) is 0 Å². The number of carbonyl (C=O) groups is 2. The van der Waals surface area contributed by atoms with Crippen LogP contribution < -0.4 is 15.8 Å². The van der Waals surface area contributed by atoms with Gasteiger partial charge in [0.2, 0.25) is 0 Å². The van der Waals surface area contributed by atoms with Gasteiger partial charge in [0.1, 0.15) is 5.75 Å². The lowest BCUT2D eigenvalue weighted by Gasteiger charge is -2.14. The van der Waals surface area contributed by atoms with E-state index in [4.69, 9.17) is 5.73 Å². The van der Waals surface area contributed by atoms with Gasteiger partial charge in [0, 0.05) is 17.3 Å². The molecule has 2 aromatic carbocycles. The van der Waals surface area contributed by atoms with E-state index in [0.29, 0.717) is 22.4 Å². The Labute approximate surface area is 191 Å². The second-order valence-corrected chi connectivity index (χ2v) is 6.95. The maximum Gasteiger partial charge on any atom is 0.573 e. The van der Waals surface area contributed by atoms with Gasteiger partial charge in [-0.15, -0.1) is 13.2 Å². The fourth-order valence-electron chi connectivity index (χ4n) is 2.54. The van der Waals surface area contributed by atoms with E-state index in [2.05, 4.69) is 35.5 Å². The van der Waals surface area contributed by atoms with Crippen molar-refractivity contribution in [1.82, 2.24) is 5.32 Å². The maximum absolute atomic E-state index is 12.4. The molecule has 3 N–H and O–H groups in total. The SMILES string of the molecule is C=C(NC(=O)c1cc(C)c(N=CC)c(-c2ccc(OC(F)(F)F)cc2)c1)C(N)=O.CCCC. The molecule has 0 aliphatic heterocycles. The highest BCUT2D eigenvalue weighted by Gasteiger charge is 2.31. The van der Waals surface area contributed by atoms with Gasteiger partial charge in [0.25, 0.3) is 11.8 Å². The van der Waals surface area contributed by atoms with E-state index in [-0.39, 0.29) is 17.0 Å². The van der Waals surface area contributed by atoms with E-state index in [1.165, 1.54) is 43.2 Å². The van der Waals surface area contributed by atoms with Gasteiger partial charge in [-0.3, -0.25) is 14.6 Å². The summed E-state index contributed by atoms with van der Waals surface area (Å²) in [6, 6.07) is 8.26. The Morgan fingerprint density at radius 2 is 1.73 bits per heavy atom. The van der Waals surface area contributed by atoms with E-state index in [1.807, 2.05) is 0 Å². The molecule has 0 atom stereocenters. The van der Waals surface area contributed by atoms with Crippen molar-refractivity contribution >= 4 is 23.7 Å². The van der Waals surface area contributed by atoms with Crippen LogP contribution in [0.1, 0.15) is 49.5 Å². The Morgan fingerprint density at radius 1 is 1.15 bits per heavy atom. The molecule has 2 aromatic rings. The first-order chi connectivity index (χ1) is 15.4. The molecule has 0 bridgehead atoms. The van der Waals surface area contributed by atoms with Gasteiger partial charge in [-0.25, -0.2) is 0 Å². The maximum atomic E-state index is 12.4. The van der Waals surface area contributed by atoms with Crippen molar-refractivity contribution in [2.24, 2.45) is 10.7 Å². The Bertz CT molecular complexity index is 1010. The Balaban J connectivity index is 0.00000125. The smallest absolute Gasteiger partial charge is 0.406 e. The van der Waals surface area contributed by atoms with E-state index in [1.54, 1.807) is 26.1 Å². The predicted molar refractivity (Wildman–Crippen MR) is 124 cm³/mol. The first-order valence-electron chi connectivity index (χ1n) is 10.2. The fourth-order valence-corrected chi connectivity index (χ4v) is 2.54. The van der Waals surface area contributed by atoms with E-state index in [9.17, 15) is 22.8 Å². The molecule has 0 aliphatic carbocycles. The van der Waals surface area contributed by atoms with E-state index < -0.39 is 18.2 Å². The number of primary amides is 1. The Kier molecular flexibility index (Phi) is 10.3. The highest BCUT2D eigenvalue weighted by Crippen LogP contribution is 2.36. The molecule has 0 spiro atoms. The predicted octanol–water partition coefficient (Wildman–Crippen LogP) is 5.82. The third kappa shape index (κ3) is 8.80. The molecule has 0 aromatic heterocycles. The number of amides is 2. The number of nitrogens with zero attached hydrogens (tertiary/aromatic N) is 1. The monoisotopic (exact) mass is 463 g/mol. The minimum Gasteiger partial charge on any atom is -0.406 e. The van der Waals surface area contributed by atoms with Crippen molar-refractivity contribution in [1.29, 1.82) is 0 Å². The molecule has 0 fully saturated rings. The molecule has 9 heteroatoms. The minimum atomic E-state index is -4.80. The van der Waals surface area contributed by atoms with Gasteiger partial charge in [-0.05, 0) is 49.2 Å². The second-order valence-electron chi connectivity index (χ2n) is 6.95. The molecule has 0 heterocycles. The summed E-state index contributed by atoms with van der Waals surface area (Å²) in [6.45, 7) is 11.2. The van der Waals surface area contributed by atoms with Crippen LogP contribution in [0.15, 0.2) is 53.7 Å². The molecular formula is C24H28F3N3O3. The van der Waals surface area contributed by atoms with Gasteiger partial charge in [0.15, 0.2) is 0 Å². The summed E-state index contributed by atoms with van der Waals surface area (Å²) in [5, 5.41) is 2.30. The summed E-state index contributed by atoms with van der Waals surface area (Å²) in [5.74, 6) is -1.85. The Hall–Kier alpha value is -3.62. The number of nitrogens with two attached hydrogens (primary N) is 1. The summed E-state index contributed by atoms with van der Waals surface area (Å²) >= 11 is 0. The molecule has 0 aliphatic rings. The number of alkyl halides is 3. The molecule has 0 saturated carbocycles. The first-order valence-corrected chi connectivity index (χ1v) is 10.2. The summed E-state index contributed by atoms with van der Waals surface area (Å²) in [5.41, 5.74) is 7.22. The number of rotatable bonds is 7. The van der Waals surface area contributed by atoms with Crippen molar-refractivity contribution < 1.29 is 27.5 Å². The summed E-state index contributed by atoms with van der Waals surface area (Å²) in [4.78, 5) is 27.8. The lowest BCUT2D eigenvalue weighted by atomic mass is 9.97. The van der Waals surface area contributed by atoms with Crippen LogP contribution >= 0.6 is 0 Å². The molecule has 6 nitrogen and oxygen atoms in total. The molecular weight excluding hydrogens is 435 g/mol. The molecule has 2 rings (SSSR count). The highest BCUT2D eigenvalue weighted by atomic mass is 19.4. The van der Waals surface area contributed by atoms with Crippen LogP contribution in [0.4, 0.5) is 18.9 Å². The molecule has 0 radical (unpaired) electrons. The van der Waals surface area contributed by atoms with E-state index >= 15 is 0 Å². The van der Waals surface area contributed by atoms with Crippen molar-refractivity contribution in [3.63, 3.8) is 0 Å². The topological polar surface area (TPSA) is 93.8 Å². The number of hydrogen-bond acceptors (Lipinski definition) is 4. The molecule has 178 valence electrons. The average Bonchev–Trinajstić information content (AvgIpc) is 2.74. The van der Waals surface area contributed by atoms with Crippen LogP contribution in [0.25, 0.3) is 11.1 Å². The summed E-state index contributed by atoms with van der Waals surface area (Å²) in [7, 11) is 0. The third-order valence-electron chi connectivity index (χ3n) is 4.28. The zero-order chi connectivity index (χ0) is 25.2. The summed E-state index contributed by atoms with van der Waals surface area (Å²) in [6.07, 6.45) is -0.599. The number of benzene rings is 2. The van der Waals surface area contributed by atoms with Crippen molar-refractivity contribution in [3.05, 3.63) is 59.8 Å². The number of carbonyl (C=O) groups excluding carboxylic acids is 2. The number of nitrogens with one attached hydrogen (secondary N) is 1. The highest BCUT2D eigenvalue weighted by molar-refractivity contribution is 6.03. The normalized spacial score (nSPS) is 10.9. The standard InChI is InChI=1S/C20H18F3N3O3.C4H10/c1-4-25-17-11(2)9-14(19(28)26-12(3)18(24)27)10-16(17)13-5-7-15(8-6-13)29-20(21,22)23;1-3-4-2/h4-10H,3H2,1-2H3,(H2,24,27)(H,26,28);3-4H2,1-2H3. The van der Waals surface area contributed by atoms with Crippen LogP contribution in [0.2, 0.25) is 0 Å². The fraction of sp³-hybridized carbons (Fsp3) is 0.292. The first kappa shape index (κ1) is 27.4. The van der Waals surface area contributed by atoms with Crippen LogP contribution in [-0.4, -0.2) is 24.4 Å². The third-order valence-corrected chi connectivity index (χ3v) is 4.28. The minimum absolute atomic E-state index is 0.200. The Morgan fingerprint density at radius 3 is 2.18 bits per heavy atom. The number of hydrogen-bond donors (Lipinski definition) is 2. The molecule has 0 unspecified atom stereocenters. The van der Waals surface area contributed by atoms with Gasteiger partial charge >= 0.3 is 6.36 Å². The number of aryl methyl sites for hydroxylation is 1. The zero-order valence-corrected chi connectivity index (χ0v) is 19.0. The summed E-state index contributed by atoms with van der Waals surface area (Å²) < 4.78 is 41.0. The number of unbranched alkanes of at least 4 members (excludes halogenated alkanes) is 1. The van der Waals surface area contributed by atoms with Crippen LogP contribution in [0, 0.1) is 6.92 Å². The average molecular weight is 464 g/mol. The number of ether oxygens (including phenoxy) is 1. The van der Waals surface area contributed by atoms with Crippen molar-refractivity contribution in [3.8, 4) is 16.9 Å². The van der Waals surface area contributed by atoms with Crippen molar-refractivity contribution in [2.75, 3.05) is 0 Å². The van der Waals surface area contributed by atoms with Crippen molar-refractivity contribution in [2.45, 2.75) is 46.9 Å². The largest absolute Gasteiger partial charge is 0.573 e. The van der Waals surface area contributed by atoms with Gasteiger partial charge in [-0.2, -0.15) is 0 Å². The number of halogens is 3. The van der Waals surface area contributed by atoms with Crippen LogP contribution in [-0.2, 0) is 4.79 Å². The zero-order valence-electron chi connectivity index (χ0n) is 19.0.